The van der Waals surface area contributed by atoms with Crippen molar-refractivity contribution in [2.24, 2.45) is 0 Å². The molecular weight excluding hydrogens is 270 g/mol. The summed E-state index contributed by atoms with van der Waals surface area (Å²) in [5.74, 6) is 0. The average Bonchev–Trinajstić information content (AvgIpc) is 2.83. The molecule has 0 amide bonds. The van der Waals surface area contributed by atoms with E-state index in [1.165, 1.54) is 6.07 Å². The summed E-state index contributed by atoms with van der Waals surface area (Å²) in [6.07, 6.45) is 1.82. The van der Waals surface area contributed by atoms with Crippen molar-refractivity contribution in [3.63, 3.8) is 0 Å². The Morgan fingerprint density at radius 3 is 2.67 bits per heavy atom. The Kier molecular flexibility index (Phi) is 4.04. The van der Waals surface area contributed by atoms with Crippen LogP contribution in [0.3, 0.4) is 0 Å². The molecule has 21 heavy (non-hydrogen) atoms. The van der Waals surface area contributed by atoms with E-state index in [2.05, 4.69) is 36.4 Å². The molecule has 0 aliphatic rings. The molecule has 1 aromatic heterocycles. The van der Waals surface area contributed by atoms with Crippen LogP contribution in [0.1, 0.15) is 32.0 Å². The fourth-order valence-corrected chi connectivity index (χ4v) is 1.85. The van der Waals surface area contributed by atoms with Crippen LogP contribution in [0.15, 0.2) is 24.4 Å². The number of nitro benzene ring substituents is 1. The van der Waals surface area contributed by atoms with Crippen molar-refractivity contribution in [3.05, 3.63) is 45.8 Å². The van der Waals surface area contributed by atoms with Gasteiger partial charge >= 0.3 is 0 Å². The molecule has 0 spiro atoms. The molecule has 1 N–H and O–H groups in total. The number of aryl methyl sites for hydroxylation is 1. The summed E-state index contributed by atoms with van der Waals surface area (Å²) < 4.78 is 1.62. The standard InChI is InChI=1S/C14H19N5O2/c1-10-7-12(5-6-13(10)19(20)21)18-9-11(16-17-18)8-15-14(2,3)4/h5-7,9,15H,8H2,1-4H3. The molecule has 0 unspecified atom stereocenters. The van der Waals surface area contributed by atoms with Gasteiger partial charge in [-0.15, -0.1) is 5.10 Å². The van der Waals surface area contributed by atoms with Crippen LogP contribution in [0, 0.1) is 17.0 Å². The highest BCUT2D eigenvalue weighted by Gasteiger charge is 2.13. The second-order valence-electron chi connectivity index (χ2n) is 5.99. The first-order valence-corrected chi connectivity index (χ1v) is 6.68. The average molecular weight is 289 g/mol. The van der Waals surface area contributed by atoms with Crippen LogP contribution < -0.4 is 5.32 Å². The van der Waals surface area contributed by atoms with E-state index in [4.69, 9.17) is 0 Å². The molecule has 1 aromatic carbocycles. The van der Waals surface area contributed by atoms with Gasteiger partial charge in [-0.3, -0.25) is 10.1 Å². The number of nitrogens with zero attached hydrogens (tertiary/aromatic N) is 4. The van der Waals surface area contributed by atoms with E-state index in [9.17, 15) is 10.1 Å². The fourth-order valence-electron chi connectivity index (χ4n) is 1.85. The van der Waals surface area contributed by atoms with Crippen molar-refractivity contribution in [2.45, 2.75) is 39.8 Å². The molecule has 0 bridgehead atoms. The SMILES string of the molecule is Cc1cc(-n2cc(CNC(C)(C)C)nn2)ccc1[N+](=O)[O-]. The molecule has 0 fully saturated rings. The van der Waals surface area contributed by atoms with Gasteiger partial charge in [0, 0.05) is 23.7 Å². The first-order valence-electron chi connectivity index (χ1n) is 6.68. The summed E-state index contributed by atoms with van der Waals surface area (Å²) in [5, 5.41) is 22.3. The summed E-state index contributed by atoms with van der Waals surface area (Å²) in [6, 6.07) is 4.88. The van der Waals surface area contributed by atoms with Gasteiger partial charge in [0.05, 0.1) is 22.5 Å². The van der Waals surface area contributed by atoms with Crippen molar-refractivity contribution in [1.29, 1.82) is 0 Å². The van der Waals surface area contributed by atoms with Crippen molar-refractivity contribution < 1.29 is 4.92 Å². The number of aromatic nitrogens is 3. The molecule has 1 heterocycles. The van der Waals surface area contributed by atoms with E-state index in [1.54, 1.807) is 23.7 Å². The highest BCUT2D eigenvalue weighted by molar-refractivity contribution is 5.47. The smallest absolute Gasteiger partial charge is 0.272 e. The Labute approximate surface area is 123 Å². The van der Waals surface area contributed by atoms with Gasteiger partial charge < -0.3 is 5.32 Å². The van der Waals surface area contributed by atoms with Gasteiger partial charge in [0.25, 0.3) is 5.69 Å². The Morgan fingerprint density at radius 2 is 2.10 bits per heavy atom. The van der Waals surface area contributed by atoms with Crippen LogP contribution in [-0.2, 0) is 6.54 Å². The summed E-state index contributed by atoms with van der Waals surface area (Å²) in [6.45, 7) is 8.57. The summed E-state index contributed by atoms with van der Waals surface area (Å²) in [5.41, 5.74) is 2.29. The highest BCUT2D eigenvalue weighted by atomic mass is 16.6. The van der Waals surface area contributed by atoms with E-state index in [1.807, 2.05) is 6.20 Å². The van der Waals surface area contributed by atoms with Crippen molar-refractivity contribution in [1.82, 2.24) is 20.3 Å². The zero-order valence-corrected chi connectivity index (χ0v) is 12.6. The minimum absolute atomic E-state index is 0.00767. The zero-order valence-electron chi connectivity index (χ0n) is 12.6. The number of benzene rings is 1. The maximum absolute atomic E-state index is 10.8. The molecule has 0 aliphatic carbocycles. The predicted octanol–water partition coefficient (Wildman–Crippen LogP) is 2.37. The van der Waals surface area contributed by atoms with Crippen molar-refractivity contribution >= 4 is 5.69 Å². The van der Waals surface area contributed by atoms with Gasteiger partial charge in [0.15, 0.2) is 0 Å². The molecule has 0 atom stereocenters. The predicted molar refractivity (Wildman–Crippen MR) is 79.3 cm³/mol. The van der Waals surface area contributed by atoms with Gasteiger partial charge in [-0.25, -0.2) is 4.68 Å². The molecule has 2 aromatic rings. The molecular formula is C14H19N5O2. The van der Waals surface area contributed by atoms with Gasteiger partial charge in [0.1, 0.15) is 0 Å². The summed E-state index contributed by atoms with van der Waals surface area (Å²) >= 11 is 0. The summed E-state index contributed by atoms with van der Waals surface area (Å²) in [7, 11) is 0. The third-order valence-corrected chi connectivity index (χ3v) is 2.98. The second-order valence-corrected chi connectivity index (χ2v) is 5.99. The molecule has 0 saturated carbocycles. The molecule has 112 valence electrons. The van der Waals surface area contributed by atoms with Crippen molar-refractivity contribution in [3.8, 4) is 5.69 Å². The topological polar surface area (TPSA) is 85.9 Å². The maximum Gasteiger partial charge on any atom is 0.272 e. The Morgan fingerprint density at radius 1 is 1.38 bits per heavy atom. The molecule has 0 aliphatic heterocycles. The maximum atomic E-state index is 10.8. The van der Waals surface area contributed by atoms with Gasteiger partial charge in [-0.1, -0.05) is 5.21 Å². The first-order chi connectivity index (χ1) is 9.76. The zero-order chi connectivity index (χ0) is 15.6. The largest absolute Gasteiger partial charge is 0.306 e. The minimum atomic E-state index is -0.390. The van der Waals surface area contributed by atoms with Gasteiger partial charge in [0.2, 0.25) is 0 Å². The van der Waals surface area contributed by atoms with E-state index in [0.717, 1.165) is 11.4 Å². The number of nitro groups is 1. The summed E-state index contributed by atoms with van der Waals surface area (Å²) in [4.78, 5) is 10.4. The number of rotatable bonds is 4. The van der Waals surface area contributed by atoms with E-state index in [-0.39, 0.29) is 16.1 Å². The van der Waals surface area contributed by atoms with E-state index in [0.29, 0.717) is 12.1 Å². The third kappa shape index (κ3) is 3.85. The van der Waals surface area contributed by atoms with Crippen LogP contribution in [-0.4, -0.2) is 25.5 Å². The van der Waals surface area contributed by atoms with Crippen LogP contribution in [0.25, 0.3) is 5.69 Å². The van der Waals surface area contributed by atoms with Crippen LogP contribution in [0.2, 0.25) is 0 Å². The van der Waals surface area contributed by atoms with E-state index >= 15 is 0 Å². The number of hydrogen-bond acceptors (Lipinski definition) is 5. The highest BCUT2D eigenvalue weighted by Crippen LogP contribution is 2.20. The third-order valence-electron chi connectivity index (χ3n) is 2.98. The Balaban J connectivity index is 2.18. The van der Waals surface area contributed by atoms with Gasteiger partial charge in [-0.05, 0) is 39.8 Å². The Bertz CT molecular complexity index is 658. The van der Waals surface area contributed by atoms with E-state index < -0.39 is 0 Å². The molecule has 2 rings (SSSR count). The lowest BCUT2D eigenvalue weighted by atomic mass is 10.1. The lowest BCUT2D eigenvalue weighted by Crippen LogP contribution is -2.35. The number of hydrogen-bond donors (Lipinski definition) is 1. The first kappa shape index (κ1) is 15.1. The monoisotopic (exact) mass is 289 g/mol. The van der Waals surface area contributed by atoms with Crippen LogP contribution >= 0.6 is 0 Å². The molecule has 7 nitrogen and oxygen atoms in total. The Hall–Kier alpha value is -2.28. The quantitative estimate of drug-likeness (QED) is 0.690. The molecule has 0 radical (unpaired) electrons. The normalized spacial score (nSPS) is 11.6. The van der Waals surface area contributed by atoms with Crippen LogP contribution in [0.5, 0.6) is 0 Å². The lowest BCUT2D eigenvalue weighted by Gasteiger charge is -2.19. The fraction of sp³-hybridized carbons (Fsp3) is 0.429. The number of nitrogens with one attached hydrogen (secondary N) is 1. The van der Waals surface area contributed by atoms with Crippen molar-refractivity contribution in [2.75, 3.05) is 0 Å². The lowest BCUT2D eigenvalue weighted by molar-refractivity contribution is -0.385. The molecule has 0 saturated heterocycles. The minimum Gasteiger partial charge on any atom is -0.306 e. The van der Waals surface area contributed by atoms with Gasteiger partial charge in [-0.2, -0.15) is 0 Å². The second kappa shape index (κ2) is 5.61. The van der Waals surface area contributed by atoms with Crippen LogP contribution in [0.4, 0.5) is 5.69 Å². The molecule has 7 heteroatoms.